The maximum absolute atomic E-state index is 8.56. The molecule has 2 atom stereocenters. The van der Waals surface area contributed by atoms with E-state index in [1.165, 1.54) is 12.0 Å². The molecular weight excluding hydrogens is 146 g/mol. The second-order valence-corrected chi connectivity index (χ2v) is 4.65. The lowest BCUT2D eigenvalue weighted by Crippen LogP contribution is -1.93. The topological polar surface area (TPSA) is 23.8 Å². The Hall–Kier alpha value is -0.770. The van der Waals surface area contributed by atoms with Crippen LogP contribution in [0, 0.1) is 28.6 Å². The molecule has 12 heavy (non-hydrogen) atoms. The van der Waals surface area contributed by atoms with Crippen LogP contribution in [0.2, 0.25) is 0 Å². The van der Waals surface area contributed by atoms with E-state index >= 15 is 0 Å². The monoisotopic (exact) mass is 161 g/mol. The highest BCUT2D eigenvalue weighted by Gasteiger charge is 2.56. The standard InChI is InChI=1S/C11H15N/c1-11(2)9-4-3-8(5-6-12)7-10(9)11/h7,9-10H,3-5H2,1-2H3/t9?,10-/m1/s1. The number of nitrogens with zero attached hydrogens (tertiary/aromatic N) is 1. The molecule has 2 aliphatic rings. The van der Waals surface area contributed by atoms with Crippen LogP contribution in [-0.2, 0) is 0 Å². The fourth-order valence-electron chi connectivity index (χ4n) is 2.60. The Labute approximate surface area is 74.1 Å². The molecule has 1 saturated carbocycles. The Morgan fingerprint density at radius 1 is 1.67 bits per heavy atom. The lowest BCUT2D eigenvalue weighted by atomic mass is 9.98. The Morgan fingerprint density at radius 3 is 3.00 bits per heavy atom. The van der Waals surface area contributed by atoms with Gasteiger partial charge in [-0.15, -0.1) is 0 Å². The van der Waals surface area contributed by atoms with Crippen LogP contribution in [0.15, 0.2) is 11.6 Å². The summed E-state index contributed by atoms with van der Waals surface area (Å²) in [6, 6.07) is 2.24. The molecule has 0 bridgehead atoms. The molecule has 1 nitrogen and oxygen atoms in total. The zero-order chi connectivity index (χ0) is 8.77. The molecule has 0 aromatic heterocycles. The summed E-state index contributed by atoms with van der Waals surface area (Å²) in [5.74, 6) is 1.70. The molecule has 0 N–H and O–H groups in total. The van der Waals surface area contributed by atoms with Crippen molar-refractivity contribution in [3.8, 4) is 6.07 Å². The molecule has 1 unspecified atom stereocenters. The summed E-state index contributed by atoms with van der Waals surface area (Å²) in [5.41, 5.74) is 1.92. The average Bonchev–Trinajstić information content (AvgIpc) is 2.55. The summed E-state index contributed by atoms with van der Waals surface area (Å²) < 4.78 is 0. The normalized spacial score (nSPS) is 36.2. The quantitative estimate of drug-likeness (QED) is 0.542. The van der Waals surface area contributed by atoms with Gasteiger partial charge in [-0.1, -0.05) is 25.5 Å². The van der Waals surface area contributed by atoms with E-state index in [4.69, 9.17) is 5.26 Å². The van der Waals surface area contributed by atoms with Crippen molar-refractivity contribution in [2.45, 2.75) is 33.1 Å². The number of allylic oxidation sites excluding steroid dienone is 2. The first-order valence-corrected chi connectivity index (χ1v) is 4.73. The molecule has 0 amide bonds. The van der Waals surface area contributed by atoms with Gasteiger partial charge in [-0.05, 0) is 30.1 Å². The van der Waals surface area contributed by atoms with Crippen LogP contribution in [0.4, 0.5) is 0 Å². The molecule has 0 saturated heterocycles. The molecular formula is C11H15N. The maximum Gasteiger partial charge on any atom is 0.0666 e. The summed E-state index contributed by atoms with van der Waals surface area (Å²) in [6.45, 7) is 4.68. The second-order valence-electron chi connectivity index (χ2n) is 4.65. The van der Waals surface area contributed by atoms with E-state index in [-0.39, 0.29) is 0 Å². The molecule has 0 heterocycles. The van der Waals surface area contributed by atoms with E-state index in [1.807, 2.05) is 0 Å². The fraction of sp³-hybridized carbons (Fsp3) is 0.727. The smallest absolute Gasteiger partial charge is 0.0666 e. The molecule has 2 rings (SSSR count). The molecule has 0 radical (unpaired) electrons. The maximum atomic E-state index is 8.56. The van der Waals surface area contributed by atoms with Gasteiger partial charge in [0.1, 0.15) is 0 Å². The first-order valence-electron chi connectivity index (χ1n) is 4.73. The Bertz CT molecular complexity index is 267. The van der Waals surface area contributed by atoms with E-state index in [0.717, 1.165) is 18.3 Å². The summed E-state index contributed by atoms with van der Waals surface area (Å²) in [6.07, 6.45) is 5.49. The molecule has 2 aliphatic carbocycles. The minimum atomic E-state index is 0.539. The second kappa shape index (κ2) is 2.36. The van der Waals surface area contributed by atoms with Crippen LogP contribution >= 0.6 is 0 Å². The summed E-state index contributed by atoms with van der Waals surface area (Å²) in [5, 5.41) is 8.56. The number of hydrogen-bond donors (Lipinski definition) is 0. The molecule has 0 aromatic carbocycles. The Morgan fingerprint density at radius 2 is 2.42 bits per heavy atom. The van der Waals surface area contributed by atoms with Crippen molar-refractivity contribution in [2.24, 2.45) is 17.3 Å². The van der Waals surface area contributed by atoms with E-state index < -0.39 is 0 Å². The van der Waals surface area contributed by atoms with Gasteiger partial charge in [-0.2, -0.15) is 5.26 Å². The van der Waals surface area contributed by atoms with Crippen LogP contribution in [0.5, 0.6) is 0 Å². The average molecular weight is 161 g/mol. The van der Waals surface area contributed by atoms with E-state index in [2.05, 4.69) is 26.0 Å². The van der Waals surface area contributed by atoms with E-state index in [9.17, 15) is 0 Å². The molecule has 1 heteroatoms. The van der Waals surface area contributed by atoms with Crippen LogP contribution in [0.3, 0.4) is 0 Å². The third-order valence-electron chi connectivity index (χ3n) is 3.64. The minimum absolute atomic E-state index is 0.539. The zero-order valence-electron chi connectivity index (χ0n) is 7.80. The Balaban J connectivity index is 2.10. The highest BCUT2D eigenvalue weighted by molar-refractivity contribution is 5.24. The third-order valence-corrected chi connectivity index (χ3v) is 3.64. The molecule has 0 spiro atoms. The van der Waals surface area contributed by atoms with Crippen molar-refractivity contribution in [1.82, 2.24) is 0 Å². The van der Waals surface area contributed by atoms with Crippen molar-refractivity contribution in [3.05, 3.63) is 11.6 Å². The van der Waals surface area contributed by atoms with Gasteiger partial charge in [0.25, 0.3) is 0 Å². The number of rotatable bonds is 1. The minimum Gasteiger partial charge on any atom is -0.198 e. The van der Waals surface area contributed by atoms with Crippen molar-refractivity contribution in [1.29, 1.82) is 5.26 Å². The first-order chi connectivity index (χ1) is 5.66. The SMILES string of the molecule is CC1(C)C2CCC(CC#N)=C[C@H]21. The summed E-state index contributed by atoms with van der Waals surface area (Å²) >= 11 is 0. The van der Waals surface area contributed by atoms with Crippen LogP contribution in [0.25, 0.3) is 0 Å². The van der Waals surface area contributed by atoms with Crippen LogP contribution < -0.4 is 0 Å². The van der Waals surface area contributed by atoms with Gasteiger partial charge in [0.2, 0.25) is 0 Å². The van der Waals surface area contributed by atoms with E-state index in [0.29, 0.717) is 11.8 Å². The number of fused-ring (bicyclic) bond motifs is 1. The van der Waals surface area contributed by atoms with Crippen molar-refractivity contribution in [3.63, 3.8) is 0 Å². The number of nitriles is 1. The molecule has 0 aromatic rings. The van der Waals surface area contributed by atoms with Gasteiger partial charge in [0, 0.05) is 0 Å². The first kappa shape index (κ1) is 7.86. The predicted molar refractivity (Wildman–Crippen MR) is 48.3 cm³/mol. The molecule has 1 fully saturated rings. The van der Waals surface area contributed by atoms with Crippen molar-refractivity contribution >= 4 is 0 Å². The number of hydrogen-bond acceptors (Lipinski definition) is 1. The van der Waals surface area contributed by atoms with Crippen LogP contribution in [-0.4, -0.2) is 0 Å². The van der Waals surface area contributed by atoms with Crippen LogP contribution in [0.1, 0.15) is 33.1 Å². The lowest BCUT2D eigenvalue weighted by molar-refractivity contribution is 0.532. The summed E-state index contributed by atoms with van der Waals surface area (Å²) in [7, 11) is 0. The van der Waals surface area contributed by atoms with Gasteiger partial charge >= 0.3 is 0 Å². The highest BCUT2D eigenvalue weighted by Crippen LogP contribution is 2.63. The van der Waals surface area contributed by atoms with E-state index in [1.54, 1.807) is 0 Å². The van der Waals surface area contributed by atoms with Crippen molar-refractivity contribution < 1.29 is 0 Å². The third kappa shape index (κ3) is 0.982. The molecule has 0 aliphatic heterocycles. The van der Waals surface area contributed by atoms with Gasteiger partial charge in [-0.3, -0.25) is 0 Å². The predicted octanol–water partition coefficient (Wildman–Crippen LogP) is 2.89. The summed E-state index contributed by atoms with van der Waals surface area (Å²) in [4.78, 5) is 0. The fourth-order valence-corrected chi connectivity index (χ4v) is 2.60. The Kier molecular flexibility index (Phi) is 1.54. The highest BCUT2D eigenvalue weighted by atomic mass is 14.6. The molecule has 64 valence electrons. The van der Waals surface area contributed by atoms with Gasteiger partial charge in [0.15, 0.2) is 0 Å². The van der Waals surface area contributed by atoms with Gasteiger partial charge < -0.3 is 0 Å². The lowest BCUT2D eigenvalue weighted by Gasteiger charge is -2.07. The van der Waals surface area contributed by atoms with Gasteiger partial charge in [0.05, 0.1) is 12.5 Å². The van der Waals surface area contributed by atoms with Gasteiger partial charge in [-0.25, -0.2) is 0 Å². The largest absolute Gasteiger partial charge is 0.198 e. The zero-order valence-corrected chi connectivity index (χ0v) is 7.80. The van der Waals surface area contributed by atoms with Crippen molar-refractivity contribution in [2.75, 3.05) is 0 Å².